The second kappa shape index (κ2) is 6.95. The molecule has 0 heterocycles. The van der Waals surface area contributed by atoms with Gasteiger partial charge in [-0.2, -0.15) is 0 Å². The lowest BCUT2D eigenvalue weighted by molar-refractivity contribution is 0.102. The van der Waals surface area contributed by atoms with Gasteiger partial charge in [0.25, 0.3) is 5.91 Å². The third-order valence-corrected chi connectivity index (χ3v) is 3.94. The molecule has 6 heteroatoms. The summed E-state index contributed by atoms with van der Waals surface area (Å²) in [5, 5.41) is 2.70. The van der Waals surface area contributed by atoms with Gasteiger partial charge in [0.05, 0.1) is 17.8 Å². The monoisotopic (exact) mass is 415 g/mol. The van der Waals surface area contributed by atoms with E-state index in [0.717, 1.165) is 9.13 Å². The van der Waals surface area contributed by atoms with Crippen LogP contribution in [0.3, 0.4) is 0 Å². The summed E-state index contributed by atoms with van der Waals surface area (Å²) in [6.07, 6.45) is 0. The Balaban J connectivity index is 2.34. The van der Waals surface area contributed by atoms with Gasteiger partial charge in [-0.25, -0.2) is 4.39 Å². The summed E-state index contributed by atoms with van der Waals surface area (Å²) in [5.41, 5.74) is 1.63. The molecule has 0 saturated heterocycles. The first-order valence-corrected chi connectivity index (χ1v) is 7.53. The molecular weight excluding hydrogens is 400 g/mol. The van der Waals surface area contributed by atoms with Gasteiger partial charge < -0.3 is 14.8 Å². The maximum absolute atomic E-state index is 13.3. The van der Waals surface area contributed by atoms with E-state index in [1.807, 2.05) is 0 Å². The number of amides is 1. The number of methoxy groups -OCH3 is 2. The molecule has 0 aliphatic carbocycles. The first-order chi connectivity index (χ1) is 10.5. The third-order valence-electron chi connectivity index (χ3n) is 3.14. The predicted molar refractivity (Wildman–Crippen MR) is 91.4 cm³/mol. The molecule has 22 heavy (non-hydrogen) atoms. The molecule has 0 unspecified atom stereocenters. The van der Waals surface area contributed by atoms with Crippen LogP contribution in [-0.4, -0.2) is 20.1 Å². The summed E-state index contributed by atoms with van der Waals surface area (Å²) in [7, 11) is 3.04. The Bertz CT molecular complexity index is 719. The number of carbonyl (C=O) groups is 1. The average Bonchev–Trinajstić information content (AvgIpc) is 2.49. The minimum Gasteiger partial charge on any atom is -0.493 e. The van der Waals surface area contributed by atoms with Crippen molar-refractivity contribution in [1.29, 1.82) is 0 Å². The Hall–Kier alpha value is -1.83. The highest BCUT2D eigenvalue weighted by molar-refractivity contribution is 14.1. The number of nitrogens with one attached hydrogen (secondary N) is 1. The lowest BCUT2D eigenvalue weighted by atomic mass is 10.1. The zero-order chi connectivity index (χ0) is 16.3. The molecule has 0 aliphatic heterocycles. The molecule has 2 rings (SSSR count). The normalized spacial score (nSPS) is 10.2. The number of ether oxygens (including phenoxy) is 2. The van der Waals surface area contributed by atoms with Gasteiger partial charge in [0.15, 0.2) is 11.5 Å². The number of rotatable bonds is 4. The Labute approximate surface area is 141 Å². The summed E-state index contributed by atoms with van der Waals surface area (Å²) in [6.45, 7) is 1.80. The molecule has 0 aliphatic rings. The lowest BCUT2D eigenvalue weighted by Crippen LogP contribution is -2.13. The van der Waals surface area contributed by atoms with E-state index < -0.39 is 5.82 Å². The molecule has 4 nitrogen and oxygen atoms in total. The van der Waals surface area contributed by atoms with Crippen molar-refractivity contribution in [3.8, 4) is 11.5 Å². The number of benzene rings is 2. The zero-order valence-electron chi connectivity index (χ0n) is 12.4. The second-order valence-electron chi connectivity index (χ2n) is 4.61. The third kappa shape index (κ3) is 3.49. The smallest absolute Gasteiger partial charge is 0.255 e. The summed E-state index contributed by atoms with van der Waals surface area (Å²) in [4.78, 5) is 12.4. The van der Waals surface area contributed by atoms with E-state index >= 15 is 0 Å². The molecule has 0 aromatic heterocycles. The van der Waals surface area contributed by atoms with Crippen LogP contribution in [0.4, 0.5) is 10.1 Å². The summed E-state index contributed by atoms with van der Waals surface area (Å²) >= 11 is 2.07. The highest BCUT2D eigenvalue weighted by atomic mass is 127. The van der Waals surface area contributed by atoms with Gasteiger partial charge in [-0.1, -0.05) is 6.07 Å². The van der Waals surface area contributed by atoms with Gasteiger partial charge in [0, 0.05) is 11.3 Å². The Morgan fingerprint density at radius 1 is 1.18 bits per heavy atom. The van der Waals surface area contributed by atoms with Crippen LogP contribution in [0.1, 0.15) is 15.9 Å². The van der Waals surface area contributed by atoms with Crippen molar-refractivity contribution in [3.63, 3.8) is 0 Å². The first kappa shape index (κ1) is 16.5. The Morgan fingerprint density at radius 3 is 2.55 bits per heavy atom. The molecule has 0 bridgehead atoms. The standard InChI is InChI=1S/C16H15FINO3/c1-9-4-5-11(17)8-13(9)19-16(20)10-6-12(18)15(22-3)14(7-10)21-2/h4-8H,1-3H3,(H,19,20). The number of aryl methyl sites for hydroxylation is 1. The Kier molecular flexibility index (Phi) is 5.23. The molecule has 1 N–H and O–H groups in total. The molecule has 2 aromatic rings. The molecule has 1 amide bonds. The molecule has 2 aromatic carbocycles. The van der Waals surface area contributed by atoms with Gasteiger partial charge in [0.2, 0.25) is 0 Å². The molecule has 116 valence electrons. The van der Waals surface area contributed by atoms with E-state index in [9.17, 15) is 9.18 Å². The predicted octanol–water partition coefficient (Wildman–Crippen LogP) is 4.01. The van der Waals surface area contributed by atoms with Crippen LogP contribution in [0.2, 0.25) is 0 Å². The first-order valence-electron chi connectivity index (χ1n) is 6.45. The Morgan fingerprint density at radius 2 is 1.91 bits per heavy atom. The van der Waals surface area contributed by atoms with Crippen LogP contribution in [0.15, 0.2) is 30.3 Å². The maximum atomic E-state index is 13.3. The number of halogens is 2. The van der Waals surface area contributed by atoms with Crippen molar-refractivity contribution in [3.05, 3.63) is 50.8 Å². The van der Waals surface area contributed by atoms with Gasteiger partial charge >= 0.3 is 0 Å². The van der Waals surface area contributed by atoms with E-state index in [0.29, 0.717) is 22.7 Å². The largest absolute Gasteiger partial charge is 0.493 e. The summed E-state index contributed by atoms with van der Waals surface area (Å²) in [6, 6.07) is 7.53. The van der Waals surface area contributed by atoms with Crippen molar-refractivity contribution in [2.24, 2.45) is 0 Å². The average molecular weight is 415 g/mol. The SMILES string of the molecule is COc1cc(C(=O)Nc2cc(F)ccc2C)cc(I)c1OC. The highest BCUT2D eigenvalue weighted by Crippen LogP contribution is 2.33. The van der Waals surface area contributed by atoms with Gasteiger partial charge in [0.1, 0.15) is 5.82 Å². The van der Waals surface area contributed by atoms with Crippen molar-refractivity contribution >= 4 is 34.2 Å². The fraction of sp³-hybridized carbons (Fsp3) is 0.188. The summed E-state index contributed by atoms with van der Waals surface area (Å²) in [5.74, 6) is 0.299. The maximum Gasteiger partial charge on any atom is 0.255 e. The van der Waals surface area contributed by atoms with Crippen LogP contribution >= 0.6 is 22.6 Å². The van der Waals surface area contributed by atoms with E-state index in [2.05, 4.69) is 27.9 Å². The fourth-order valence-electron chi connectivity index (χ4n) is 1.97. The lowest BCUT2D eigenvalue weighted by Gasteiger charge is -2.13. The van der Waals surface area contributed by atoms with E-state index in [1.54, 1.807) is 25.1 Å². The number of anilines is 1. The number of hydrogen-bond donors (Lipinski definition) is 1. The molecular formula is C16H15FINO3. The minimum absolute atomic E-state index is 0.340. The molecule has 0 atom stereocenters. The second-order valence-corrected chi connectivity index (χ2v) is 5.77. The topological polar surface area (TPSA) is 47.6 Å². The quantitative estimate of drug-likeness (QED) is 0.768. The molecule has 0 fully saturated rings. The van der Waals surface area contributed by atoms with Crippen LogP contribution < -0.4 is 14.8 Å². The van der Waals surface area contributed by atoms with E-state index in [1.165, 1.54) is 26.4 Å². The number of carbonyl (C=O) groups excluding carboxylic acids is 1. The molecule has 0 saturated carbocycles. The highest BCUT2D eigenvalue weighted by Gasteiger charge is 2.15. The van der Waals surface area contributed by atoms with Crippen molar-refractivity contribution in [1.82, 2.24) is 0 Å². The zero-order valence-corrected chi connectivity index (χ0v) is 14.5. The van der Waals surface area contributed by atoms with Crippen LogP contribution in [-0.2, 0) is 0 Å². The van der Waals surface area contributed by atoms with Crippen LogP contribution in [0, 0.1) is 16.3 Å². The van der Waals surface area contributed by atoms with Gasteiger partial charge in [-0.05, 0) is 59.3 Å². The van der Waals surface area contributed by atoms with Gasteiger partial charge in [-0.3, -0.25) is 4.79 Å². The fourth-order valence-corrected chi connectivity index (χ4v) is 2.79. The van der Waals surface area contributed by atoms with Crippen molar-refractivity contribution in [2.75, 3.05) is 19.5 Å². The minimum atomic E-state index is -0.400. The molecule has 0 spiro atoms. The molecule has 0 radical (unpaired) electrons. The van der Waals surface area contributed by atoms with Crippen LogP contribution in [0.25, 0.3) is 0 Å². The van der Waals surface area contributed by atoms with Crippen LogP contribution in [0.5, 0.6) is 11.5 Å². The number of hydrogen-bond acceptors (Lipinski definition) is 3. The van der Waals surface area contributed by atoms with E-state index in [4.69, 9.17) is 9.47 Å². The van der Waals surface area contributed by atoms with Crippen molar-refractivity contribution < 1.29 is 18.7 Å². The van der Waals surface area contributed by atoms with Crippen molar-refractivity contribution in [2.45, 2.75) is 6.92 Å². The van der Waals surface area contributed by atoms with Gasteiger partial charge in [-0.15, -0.1) is 0 Å². The summed E-state index contributed by atoms with van der Waals surface area (Å²) < 4.78 is 24.5. The van der Waals surface area contributed by atoms with E-state index in [-0.39, 0.29) is 5.91 Å².